The number of methoxy groups -OCH3 is 1. The molecule has 0 saturated carbocycles. The number of para-hydroxylation sites is 2. The van der Waals surface area contributed by atoms with E-state index in [1.54, 1.807) is 7.11 Å². The molecule has 0 N–H and O–H groups in total. The second-order valence-electron chi connectivity index (χ2n) is 6.23. The molecule has 0 bridgehead atoms. The van der Waals surface area contributed by atoms with E-state index in [9.17, 15) is 0 Å². The smallest absolute Gasteiger partial charge is 0.161 e. The maximum atomic E-state index is 5.41. The number of benzene rings is 2. The van der Waals surface area contributed by atoms with E-state index in [-0.39, 0.29) is 6.17 Å². The van der Waals surface area contributed by atoms with Gasteiger partial charge < -0.3 is 9.30 Å². The Kier molecular flexibility index (Phi) is 3.39. The Hall–Kier alpha value is -2.66. The highest BCUT2D eigenvalue weighted by atomic mass is 16.5. The molecule has 0 amide bonds. The number of nitrogens with zero attached hydrogens (tertiary/aromatic N) is 4. The molecule has 5 nitrogen and oxygen atoms in total. The van der Waals surface area contributed by atoms with Gasteiger partial charge in [0.25, 0.3) is 0 Å². The monoisotopic (exact) mass is 320 g/mol. The minimum absolute atomic E-state index is 0.161. The van der Waals surface area contributed by atoms with Gasteiger partial charge in [0.15, 0.2) is 5.65 Å². The Bertz CT molecular complexity index is 1050. The number of rotatable bonds is 3. The lowest BCUT2D eigenvalue weighted by atomic mass is 10.2. The van der Waals surface area contributed by atoms with Gasteiger partial charge in [0.2, 0.25) is 0 Å². The van der Waals surface area contributed by atoms with Crippen molar-refractivity contribution in [3.63, 3.8) is 0 Å². The molecule has 2 aromatic heterocycles. The standard InChI is InChI=1S/C19H20N4O/c1-12(22(2)3)23-17-10-9-13(24-4)11-14(17)18-19(23)21-16-8-6-5-7-15(16)20-18/h5-12H,1-4H3. The molecule has 0 saturated heterocycles. The lowest BCUT2D eigenvalue weighted by molar-refractivity contribution is 0.249. The summed E-state index contributed by atoms with van der Waals surface area (Å²) in [7, 11) is 5.82. The van der Waals surface area contributed by atoms with E-state index in [1.807, 2.05) is 36.4 Å². The Morgan fingerprint density at radius 3 is 2.42 bits per heavy atom. The summed E-state index contributed by atoms with van der Waals surface area (Å²) in [5, 5.41) is 1.07. The second-order valence-corrected chi connectivity index (χ2v) is 6.23. The van der Waals surface area contributed by atoms with Crippen LogP contribution >= 0.6 is 0 Å². The fourth-order valence-electron chi connectivity index (χ4n) is 3.10. The molecule has 2 aromatic carbocycles. The first-order valence-electron chi connectivity index (χ1n) is 8.01. The minimum atomic E-state index is 0.161. The molecule has 0 aliphatic heterocycles. The summed E-state index contributed by atoms with van der Waals surface area (Å²) in [6, 6.07) is 14.1. The zero-order valence-electron chi connectivity index (χ0n) is 14.3. The maximum absolute atomic E-state index is 5.41. The molecule has 24 heavy (non-hydrogen) atoms. The normalized spacial score (nSPS) is 13.2. The molecule has 2 heterocycles. The minimum Gasteiger partial charge on any atom is -0.497 e. The molecule has 0 fully saturated rings. The molecule has 0 aliphatic carbocycles. The van der Waals surface area contributed by atoms with Crippen LogP contribution in [0, 0.1) is 0 Å². The number of hydrogen-bond acceptors (Lipinski definition) is 4. The lowest BCUT2D eigenvalue weighted by Gasteiger charge is -2.23. The van der Waals surface area contributed by atoms with Crippen molar-refractivity contribution < 1.29 is 4.74 Å². The van der Waals surface area contributed by atoms with Crippen LogP contribution in [0.1, 0.15) is 13.1 Å². The summed E-state index contributed by atoms with van der Waals surface area (Å²) in [6.45, 7) is 2.17. The predicted octanol–water partition coefficient (Wildman–Crippen LogP) is 3.83. The Morgan fingerprint density at radius 2 is 1.75 bits per heavy atom. The van der Waals surface area contributed by atoms with Gasteiger partial charge in [-0.15, -0.1) is 0 Å². The van der Waals surface area contributed by atoms with Gasteiger partial charge in [-0.05, 0) is 51.4 Å². The topological polar surface area (TPSA) is 43.2 Å². The third kappa shape index (κ3) is 2.12. The fraction of sp³-hybridized carbons (Fsp3) is 0.263. The van der Waals surface area contributed by atoms with Crippen LogP contribution in [-0.2, 0) is 0 Å². The summed E-state index contributed by atoms with van der Waals surface area (Å²) < 4.78 is 7.65. The van der Waals surface area contributed by atoms with Crippen LogP contribution in [0.2, 0.25) is 0 Å². The van der Waals surface area contributed by atoms with Crippen LogP contribution in [0.3, 0.4) is 0 Å². The lowest BCUT2D eigenvalue weighted by Crippen LogP contribution is -2.22. The SMILES string of the molecule is COc1ccc2c(c1)c1nc3ccccc3nc1n2C(C)N(C)C. The van der Waals surface area contributed by atoms with Crippen molar-refractivity contribution in [3.8, 4) is 5.75 Å². The first-order valence-corrected chi connectivity index (χ1v) is 8.01. The van der Waals surface area contributed by atoms with Gasteiger partial charge in [0, 0.05) is 5.39 Å². The molecule has 0 aliphatic rings. The van der Waals surface area contributed by atoms with Gasteiger partial charge in [0.05, 0.1) is 29.8 Å². The first kappa shape index (κ1) is 14.9. The van der Waals surface area contributed by atoms with Crippen LogP contribution in [0.5, 0.6) is 5.75 Å². The van der Waals surface area contributed by atoms with Crippen molar-refractivity contribution in [2.75, 3.05) is 21.2 Å². The van der Waals surface area contributed by atoms with E-state index in [2.05, 4.69) is 36.6 Å². The zero-order chi connectivity index (χ0) is 16.8. The van der Waals surface area contributed by atoms with Gasteiger partial charge in [-0.25, -0.2) is 9.97 Å². The van der Waals surface area contributed by atoms with Crippen molar-refractivity contribution in [1.29, 1.82) is 0 Å². The van der Waals surface area contributed by atoms with Crippen LogP contribution in [0.4, 0.5) is 0 Å². The maximum Gasteiger partial charge on any atom is 0.161 e. The van der Waals surface area contributed by atoms with Crippen molar-refractivity contribution in [2.45, 2.75) is 13.1 Å². The molecule has 4 aromatic rings. The van der Waals surface area contributed by atoms with Crippen LogP contribution in [0.15, 0.2) is 42.5 Å². The van der Waals surface area contributed by atoms with Crippen molar-refractivity contribution in [1.82, 2.24) is 19.4 Å². The van der Waals surface area contributed by atoms with Gasteiger partial charge in [-0.3, -0.25) is 4.90 Å². The van der Waals surface area contributed by atoms with Crippen molar-refractivity contribution >= 4 is 33.1 Å². The zero-order valence-corrected chi connectivity index (χ0v) is 14.3. The van der Waals surface area contributed by atoms with Crippen LogP contribution in [0.25, 0.3) is 33.1 Å². The fourth-order valence-corrected chi connectivity index (χ4v) is 3.10. The molecule has 1 atom stereocenters. The molecule has 122 valence electrons. The summed E-state index contributed by atoms with van der Waals surface area (Å²) in [5.41, 5.74) is 4.74. The highest BCUT2D eigenvalue weighted by molar-refractivity contribution is 6.07. The number of fused-ring (bicyclic) bond motifs is 4. The molecule has 0 spiro atoms. The average Bonchev–Trinajstić information content (AvgIpc) is 2.91. The Labute approximate surface area is 140 Å². The van der Waals surface area contributed by atoms with Crippen molar-refractivity contribution in [3.05, 3.63) is 42.5 Å². The summed E-state index contributed by atoms with van der Waals surface area (Å²) in [4.78, 5) is 12.0. The van der Waals surface area contributed by atoms with E-state index in [0.29, 0.717) is 0 Å². The summed E-state index contributed by atoms with van der Waals surface area (Å²) >= 11 is 0. The first-order chi connectivity index (χ1) is 11.6. The van der Waals surface area contributed by atoms with E-state index < -0.39 is 0 Å². The van der Waals surface area contributed by atoms with E-state index in [0.717, 1.165) is 38.8 Å². The van der Waals surface area contributed by atoms with Crippen LogP contribution < -0.4 is 4.74 Å². The Morgan fingerprint density at radius 1 is 1.04 bits per heavy atom. The molecule has 1 unspecified atom stereocenters. The summed E-state index contributed by atoms with van der Waals surface area (Å²) in [6.07, 6.45) is 0.161. The molecule has 0 radical (unpaired) electrons. The number of ether oxygens (including phenoxy) is 1. The third-order valence-electron chi connectivity index (χ3n) is 4.62. The van der Waals surface area contributed by atoms with Gasteiger partial charge >= 0.3 is 0 Å². The molecular weight excluding hydrogens is 300 g/mol. The largest absolute Gasteiger partial charge is 0.497 e. The van der Waals surface area contributed by atoms with E-state index in [1.165, 1.54) is 0 Å². The molecule has 5 heteroatoms. The van der Waals surface area contributed by atoms with E-state index >= 15 is 0 Å². The number of hydrogen-bond donors (Lipinski definition) is 0. The second kappa shape index (κ2) is 5.46. The van der Waals surface area contributed by atoms with E-state index in [4.69, 9.17) is 14.7 Å². The average molecular weight is 320 g/mol. The molecular formula is C19H20N4O. The van der Waals surface area contributed by atoms with Crippen molar-refractivity contribution in [2.24, 2.45) is 0 Å². The van der Waals surface area contributed by atoms with Gasteiger partial charge in [-0.2, -0.15) is 0 Å². The Balaban J connectivity index is 2.18. The quantitative estimate of drug-likeness (QED) is 0.575. The third-order valence-corrected chi connectivity index (χ3v) is 4.62. The molecule has 4 rings (SSSR count). The highest BCUT2D eigenvalue weighted by Gasteiger charge is 2.19. The van der Waals surface area contributed by atoms with Gasteiger partial charge in [-0.1, -0.05) is 12.1 Å². The van der Waals surface area contributed by atoms with Gasteiger partial charge in [0.1, 0.15) is 11.3 Å². The predicted molar refractivity (Wildman–Crippen MR) is 97.5 cm³/mol. The highest BCUT2D eigenvalue weighted by Crippen LogP contribution is 2.33. The van der Waals surface area contributed by atoms with Crippen LogP contribution in [-0.4, -0.2) is 40.6 Å². The summed E-state index contributed by atoms with van der Waals surface area (Å²) in [5.74, 6) is 0.828. The number of aromatic nitrogens is 3.